The first kappa shape index (κ1) is 20.3. The number of halogens is 3. The lowest BCUT2D eigenvalue weighted by atomic mass is 10.1. The second-order valence-corrected chi connectivity index (χ2v) is 7.63. The molecule has 0 saturated heterocycles. The van der Waals surface area contributed by atoms with Gasteiger partial charge in [-0.3, -0.25) is 4.79 Å². The molecule has 0 radical (unpaired) electrons. The fourth-order valence-electron chi connectivity index (χ4n) is 4.02. The van der Waals surface area contributed by atoms with Crippen molar-refractivity contribution in [2.45, 2.75) is 25.7 Å². The van der Waals surface area contributed by atoms with Gasteiger partial charge in [0.2, 0.25) is 0 Å². The van der Waals surface area contributed by atoms with Crippen LogP contribution < -0.4 is 10.6 Å². The van der Waals surface area contributed by atoms with Crippen molar-refractivity contribution in [2.24, 2.45) is 5.73 Å². The van der Waals surface area contributed by atoms with Gasteiger partial charge in [0, 0.05) is 34.9 Å². The smallest absolute Gasteiger partial charge is 0.308 e. The molecule has 164 valence electrons. The van der Waals surface area contributed by atoms with Gasteiger partial charge in [0.05, 0.1) is 18.3 Å². The number of benzene rings is 1. The summed E-state index contributed by atoms with van der Waals surface area (Å²) in [6.07, 6.45) is 1.00. The minimum atomic E-state index is -4.45. The third-order valence-electron chi connectivity index (χ3n) is 5.69. The monoisotopic (exact) mass is 440 g/mol. The molecule has 1 atom stereocenters. The first-order chi connectivity index (χ1) is 15.3. The Morgan fingerprint density at radius 2 is 1.88 bits per heavy atom. The Hall–Kier alpha value is -3.66. The van der Waals surface area contributed by atoms with Crippen molar-refractivity contribution in [1.29, 1.82) is 0 Å². The molecule has 1 aliphatic rings. The van der Waals surface area contributed by atoms with E-state index in [0.717, 1.165) is 35.5 Å². The van der Waals surface area contributed by atoms with E-state index in [2.05, 4.69) is 10.1 Å². The van der Waals surface area contributed by atoms with Crippen molar-refractivity contribution in [3.63, 3.8) is 0 Å². The zero-order chi connectivity index (χ0) is 22.6. The van der Waals surface area contributed by atoms with Gasteiger partial charge in [-0.15, -0.1) is 0 Å². The number of aromatic nitrogens is 4. The lowest BCUT2D eigenvalue weighted by Crippen LogP contribution is -2.46. The topological polar surface area (TPSA) is 81.5 Å². The van der Waals surface area contributed by atoms with Gasteiger partial charge in [0.1, 0.15) is 17.5 Å². The van der Waals surface area contributed by atoms with Crippen molar-refractivity contribution >= 4 is 17.2 Å². The summed E-state index contributed by atoms with van der Waals surface area (Å²) in [5.74, 6) is -0.375. The lowest BCUT2D eigenvalue weighted by Gasteiger charge is -2.32. The van der Waals surface area contributed by atoms with Crippen LogP contribution in [0.5, 0.6) is 0 Å². The Bertz CT molecular complexity index is 1320. The Morgan fingerprint density at radius 1 is 1.12 bits per heavy atom. The number of hydrogen-bond acceptors (Lipinski definition) is 4. The quantitative estimate of drug-likeness (QED) is 0.524. The third kappa shape index (κ3) is 3.14. The summed E-state index contributed by atoms with van der Waals surface area (Å²) in [6, 6.07) is 8.20. The molecular formula is C22H19F3N6O. The Kier molecular flexibility index (Phi) is 4.55. The highest BCUT2D eigenvalue weighted by molar-refractivity contribution is 6.09. The molecule has 10 heteroatoms. The number of hydrogen-bond donors (Lipinski definition) is 1. The van der Waals surface area contributed by atoms with E-state index in [1.54, 1.807) is 12.4 Å². The first-order valence-corrected chi connectivity index (χ1v) is 10.1. The van der Waals surface area contributed by atoms with Gasteiger partial charge in [-0.05, 0) is 42.8 Å². The maximum atomic E-state index is 13.4. The molecular weight excluding hydrogens is 421 g/mol. The van der Waals surface area contributed by atoms with E-state index >= 15 is 0 Å². The molecule has 0 unspecified atom stereocenters. The maximum Gasteiger partial charge on any atom is 0.416 e. The number of aryl methyl sites for hydroxylation is 1. The molecule has 0 saturated carbocycles. The van der Waals surface area contributed by atoms with Crippen molar-refractivity contribution in [2.75, 3.05) is 11.4 Å². The van der Waals surface area contributed by atoms with Crippen LogP contribution in [0.15, 0.2) is 55.0 Å². The lowest BCUT2D eigenvalue weighted by molar-refractivity contribution is -0.137. The minimum absolute atomic E-state index is 0.0961. The van der Waals surface area contributed by atoms with Crippen LogP contribution in [-0.4, -0.2) is 31.6 Å². The summed E-state index contributed by atoms with van der Waals surface area (Å²) < 4.78 is 42.2. The van der Waals surface area contributed by atoms with Crippen LogP contribution in [0.1, 0.15) is 34.8 Å². The Morgan fingerprint density at radius 3 is 2.56 bits per heavy atom. The summed E-state index contributed by atoms with van der Waals surface area (Å²) in [4.78, 5) is 19.2. The molecule has 5 rings (SSSR count). The molecule has 1 aliphatic heterocycles. The number of fused-ring (bicyclic) bond motifs is 2. The predicted octanol–water partition coefficient (Wildman–Crippen LogP) is 3.90. The number of pyridine rings is 1. The van der Waals surface area contributed by atoms with E-state index < -0.39 is 17.9 Å². The van der Waals surface area contributed by atoms with Crippen molar-refractivity contribution in [3.8, 4) is 11.1 Å². The average molecular weight is 440 g/mol. The van der Waals surface area contributed by atoms with E-state index in [-0.39, 0.29) is 12.5 Å². The van der Waals surface area contributed by atoms with E-state index in [1.165, 1.54) is 21.7 Å². The summed E-state index contributed by atoms with van der Waals surface area (Å²) >= 11 is 0. The van der Waals surface area contributed by atoms with Crippen LogP contribution in [0.25, 0.3) is 16.8 Å². The fourth-order valence-corrected chi connectivity index (χ4v) is 4.02. The van der Waals surface area contributed by atoms with Crippen LogP contribution in [-0.2, 0) is 12.6 Å². The number of imidazole rings is 1. The molecule has 2 N–H and O–H groups in total. The Balaban J connectivity index is 1.56. The van der Waals surface area contributed by atoms with Gasteiger partial charge in [-0.1, -0.05) is 6.92 Å². The van der Waals surface area contributed by atoms with Crippen molar-refractivity contribution in [3.05, 3.63) is 71.9 Å². The molecule has 4 heterocycles. The molecule has 4 aromatic rings. The van der Waals surface area contributed by atoms with Crippen LogP contribution in [0.4, 0.5) is 18.9 Å². The number of amides is 1. The highest BCUT2D eigenvalue weighted by atomic mass is 19.4. The number of carbonyl (C=O) groups is 1. The number of rotatable bonds is 3. The molecule has 1 amide bonds. The molecule has 0 fully saturated rings. The minimum Gasteiger partial charge on any atom is -0.308 e. The molecule has 32 heavy (non-hydrogen) atoms. The molecule has 1 aromatic carbocycles. The van der Waals surface area contributed by atoms with Crippen LogP contribution in [0.2, 0.25) is 0 Å². The number of anilines is 1. The highest BCUT2D eigenvalue weighted by Gasteiger charge is 2.35. The second kappa shape index (κ2) is 7.20. The zero-order valence-electron chi connectivity index (χ0n) is 17.0. The second-order valence-electron chi connectivity index (χ2n) is 7.63. The van der Waals surface area contributed by atoms with Crippen LogP contribution >= 0.6 is 0 Å². The predicted molar refractivity (Wildman–Crippen MR) is 112 cm³/mol. The highest BCUT2D eigenvalue weighted by Crippen LogP contribution is 2.34. The number of carbonyl (C=O) groups excluding carboxylic acids is 1. The van der Waals surface area contributed by atoms with Gasteiger partial charge in [0.15, 0.2) is 0 Å². The van der Waals surface area contributed by atoms with Gasteiger partial charge < -0.3 is 15.0 Å². The largest absolute Gasteiger partial charge is 0.416 e. The van der Waals surface area contributed by atoms with Gasteiger partial charge in [0.25, 0.3) is 5.91 Å². The van der Waals surface area contributed by atoms with E-state index in [0.29, 0.717) is 16.9 Å². The van der Waals surface area contributed by atoms with Crippen LogP contribution in [0, 0.1) is 0 Å². The summed E-state index contributed by atoms with van der Waals surface area (Å²) in [5.41, 5.74) is 9.30. The van der Waals surface area contributed by atoms with Gasteiger partial charge >= 0.3 is 6.18 Å². The molecule has 0 aliphatic carbocycles. The van der Waals surface area contributed by atoms with E-state index in [9.17, 15) is 18.0 Å². The third-order valence-corrected chi connectivity index (χ3v) is 5.69. The standard InChI is InChI=1S/C22H19F3N6O/c1-2-15-9-27-19-8-3-13(11-29(15)19)17-10-28-31-18(26)12-30(21(32)20(17)31)16-6-4-14(5-7-16)22(23,24)25/h3-11,18H,2,12,26H2,1H3/t18-/m1/s1. The molecule has 0 spiro atoms. The van der Waals surface area contributed by atoms with Gasteiger partial charge in [-0.25, -0.2) is 9.67 Å². The fraction of sp³-hybridized carbons (Fsp3) is 0.227. The van der Waals surface area contributed by atoms with E-state index in [1.807, 2.05) is 29.7 Å². The average Bonchev–Trinajstić information content (AvgIpc) is 3.40. The van der Waals surface area contributed by atoms with Gasteiger partial charge in [-0.2, -0.15) is 18.3 Å². The SMILES string of the molecule is CCc1cnc2ccc(-c3cnn4c3C(=O)N(c3ccc(C(F)(F)F)cc3)C[C@@H]4N)cn12. The number of nitrogens with two attached hydrogens (primary N) is 1. The number of nitrogens with zero attached hydrogens (tertiary/aromatic N) is 5. The van der Waals surface area contributed by atoms with E-state index in [4.69, 9.17) is 5.73 Å². The zero-order valence-corrected chi connectivity index (χ0v) is 17.0. The van der Waals surface area contributed by atoms with Crippen LogP contribution in [0.3, 0.4) is 0 Å². The molecule has 3 aromatic heterocycles. The Labute approximate surface area is 180 Å². The summed E-state index contributed by atoms with van der Waals surface area (Å²) in [6.45, 7) is 2.13. The molecule has 0 bridgehead atoms. The maximum absolute atomic E-state index is 13.4. The van der Waals surface area contributed by atoms with Crippen molar-refractivity contribution in [1.82, 2.24) is 19.2 Å². The molecule has 7 nitrogen and oxygen atoms in total. The first-order valence-electron chi connectivity index (χ1n) is 10.1. The number of alkyl halides is 3. The normalized spacial score (nSPS) is 16.6. The van der Waals surface area contributed by atoms with Crippen molar-refractivity contribution < 1.29 is 18.0 Å². The summed E-state index contributed by atoms with van der Waals surface area (Å²) in [7, 11) is 0. The summed E-state index contributed by atoms with van der Waals surface area (Å²) in [5, 5.41) is 4.32.